The van der Waals surface area contributed by atoms with E-state index in [-0.39, 0.29) is 11.5 Å². The van der Waals surface area contributed by atoms with Crippen LogP contribution < -0.4 is 21.1 Å². The van der Waals surface area contributed by atoms with Crippen LogP contribution in [-0.4, -0.2) is 53.2 Å². The Kier molecular flexibility index (Phi) is 7.67. The molecule has 4 rings (SSSR count). The molecular weight excluding hydrogens is 430 g/mol. The first-order chi connectivity index (χ1) is 16.6. The number of piperidine rings is 1. The first-order valence-corrected chi connectivity index (χ1v) is 11.4. The average molecular weight is 460 g/mol. The lowest BCUT2D eigenvalue weighted by atomic mass is 10.0. The van der Waals surface area contributed by atoms with Crippen LogP contribution in [0.4, 0.5) is 23.0 Å². The minimum absolute atomic E-state index is 0.208. The van der Waals surface area contributed by atoms with Crippen molar-refractivity contribution in [1.29, 1.82) is 5.41 Å². The van der Waals surface area contributed by atoms with Crippen molar-refractivity contribution in [3.05, 3.63) is 66.0 Å². The number of ether oxygens (including phenoxy) is 1. The van der Waals surface area contributed by atoms with Gasteiger partial charge in [0, 0.05) is 23.5 Å². The van der Waals surface area contributed by atoms with Crippen molar-refractivity contribution in [3.63, 3.8) is 0 Å². The molecule has 0 unspecified atom stereocenters. The van der Waals surface area contributed by atoms with Gasteiger partial charge in [0.15, 0.2) is 0 Å². The van der Waals surface area contributed by atoms with Gasteiger partial charge in [0.25, 0.3) is 0 Å². The number of hydrogen-bond acceptors (Lipinski definition) is 8. The highest BCUT2D eigenvalue weighted by Gasteiger charge is 2.17. The number of benzene rings is 2. The number of carbonyl (C=O) groups is 1. The standard InChI is InChI=1S/C25H29N7O2/c26-23(18-4-10-21(11-5-18)34-15-14-32-12-2-1-3-13-32)22-24(27)28-16-29-25(22)31-20-8-6-19(7-9-20)30-17-33/h4-11,16-17,26H,1-3,12-15H2,(H,30,33)(H3,27,28,29,31). The number of nitrogens with zero attached hydrogens (tertiary/aromatic N) is 3. The van der Waals surface area contributed by atoms with Gasteiger partial charge in [0.1, 0.15) is 30.3 Å². The smallest absolute Gasteiger partial charge is 0.211 e. The van der Waals surface area contributed by atoms with E-state index in [1.54, 1.807) is 24.3 Å². The number of nitrogen functional groups attached to an aromatic ring is 1. The Morgan fingerprint density at radius 1 is 1.03 bits per heavy atom. The van der Waals surface area contributed by atoms with Crippen LogP contribution in [-0.2, 0) is 4.79 Å². The summed E-state index contributed by atoms with van der Waals surface area (Å²) in [7, 11) is 0. The van der Waals surface area contributed by atoms with Crippen LogP contribution in [0.25, 0.3) is 0 Å². The number of hydrogen-bond donors (Lipinski definition) is 4. The monoisotopic (exact) mass is 459 g/mol. The highest BCUT2D eigenvalue weighted by atomic mass is 16.5. The molecule has 0 aliphatic carbocycles. The van der Waals surface area contributed by atoms with E-state index >= 15 is 0 Å². The Morgan fingerprint density at radius 3 is 2.44 bits per heavy atom. The molecule has 0 spiro atoms. The van der Waals surface area contributed by atoms with Gasteiger partial charge in [-0.15, -0.1) is 0 Å². The summed E-state index contributed by atoms with van der Waals surface area (Å²) in [6, 6.07) is 14.5. The third-order valence-corrected chi connectivity index (χ3v) is 5.77. The van der Waals surface area contributed by atoms with E-state index in [4.69, 9.17) is 15.9 Å². The molecule has 5 N–H and O–H groups in total. The zero-order valence-corrected chi connectivity index (χ0v) is 19.0. The van der Waals surface area contributed by atoms with Crippen molar-refractivity contribution in [2.75, 3.05) is 42.6 Å². The van der Waals surface area contributed by atoms with Crippen LogP contribution in [0.15, 0.2) is 54.9 Å². The van der Waals surface area contributed by atoms with Gasteiger partial charge in [0.05, 0.1) is 11.3 Å². The molecule has 1 aliphatic rings. The predicted molar refractivity (Wildman–Crippen MR) is 134 cm³/mol. The maximum Gasteiger partial charge on any atom is 0.211 e. The van der Waals surface area contributed by atoms with Crippen molar-refractivity contribution in [2.24, 2.45) is 0 Å². The Morgan fingerprint density at radius 2 is 1.74 bits per heavy atom. The lowest BCUT2D eigenvalue weighted by Crippen LogP contribution is -2.33. The van der Waals surface area contributed by atoms with Gasteiger partial charge >= 0.3 is 0 Å². The maximum absolute atomic E-state index is 10.6. The number of aromatic nitrogens is 2. The zero-order chi connectivity index (χ0) is 23.8. The molecule has 2 heterocycles. The Bertz CT molecular complexity index is 1110. The van der Waals surface area contributed by atoms with Crippen molar-refractivity contribution < 1.29 is 9.53 Å². The molecule has 3 aromatic rings. The number of anilines is 4. The summed E-state index contributed by atoms with van der Waals surface area (Å²) in [6.07, 6.45) is 5.84. The molecule has 0 atom stereocenters. The molecule has 2 aromatic carbocycles. The molecule has 1 fully saturated rings. The summed E-state index contributed by atoms with van der Waals surface area (Å²) in [5.74, 6) is 1.41. The largest absolute Gasteiger partial charge is 0.492 e. The Labute approximate surface area is 198 Å². The molecule has 176 valence electrons. The van der Waals surface area contributed by atoms with Crippen molar-refractivity contribution >= 4 is 35.1 Å². The van der Waals surface area contributed by atoms with E-state index in [0.29, 0.717) is 35.6 Å². The molecule has 0 bridgehead atoms. The molecular formula is C25H29N7O2. The first kappa shape index (κ1) is 23.2. The predicted octanol–water partition coefficient (Wildman–Crippen LogP) is 3.65. The molecule has 1 amide bonds. The highest BCUT2D eigenvalue weighted by molar-refractivity contribution is 6.16. The first-order valence-electron chi connectivity index (χ1n) is 11.4. The zero-order valence-electron chi connectivity index (χ0n) is 19.0. The third-order valence-electron chi connectivity index (χ3n) is 5.77. The van der Waals surface area contributed by atoms with Crippen LogP contribution in [0.2, 0.25) is 0 Å². The van der Waals surface area contributed by atoms with E-state index < -0.39 is 0 Å². The Hall–Kier alpha value is -3.98. The quantitative estimate of drug-likeness (QED) is 0.269. The van der Waals surface area contributed by atoms with Gasteiger partial charge in [0.2, 0.25) is 6.41 Å². The van der Waals surface area contributed by atoms with Crippen molar-refractivity contribution in [3.8, 4) is 5.75 Å². The Balaban J connectivity index is 1.43. The molecule has 1 aromatic heterocycles. The summed E-state index contributed by atoms with van der Waals surface area (Å²) < 4.78 is 5.90. The van der Waals surface area contributed by atoms with Crippen LogP contribution >= 0.6 is 0 Å². The van der Waals surface area contributed by atoms with Gasteiger partial charge in [-0.2, -0.15) is 0 Å². The summed E-state index contributed by atoms with van der Waals surface area (Å²) in [5, 5.41) is 14.5. The van der Waals surface area contributed by atoms with Crippen molar-refractivity contribution in [1.82, 2.24) is 14.9 Å². The lowest BCUT2D eigenvalue weighted by molar-refractivity contribution is -0.105. The molecule has 1 saturated heterocycles. The average Bonchev–Trinajstić information content (AvgIpc) is 2.86. The van der Waals surface area contributed by atoms with E-state index in [1.165, 1.54) is 25.6 Å². The van der Waals surface area contributed by atoms with Gasteiger partial charge in [-0.3, -0.25) is 15.1 Å². The molecule has 0 saturated carbocycles. The second kappa shape index (κ2) is 11.2. The number of carbonyl (C=O) groups excluding carboxylic acids is 1. The number of nitrogens with two attached hydrogens (primary N) is 1. The second-order valence-corrected chi connectivity index (χ2v) is 8.10. The highest BCUT2D eigenvalue weighted by Crippen LogP contribution is 2.26. The van der Waals surface area contributed by atoms with E-state index in [0.717, 1.165) is 31.1 Å². The fourth-order valence-electron chi connectivity index (χ4n) is 3.93. The topological polar surface area (TPSA) is 129 Å². The minimum Gasteiger partial charge on any atom is -0.492 e. The molecule has 1 aliphatic heterocycles. The molecule has 9 nitrogen and oxygen atoms in total. The van der Waals surface area contributed by atoms with Crippen LogP contribution in [0.3, 0.4) is 0 Å². The van der Waals surface area contributed by atoms with Crippen molar-refractivity contribution in [2.45, 2.75) is 19.3 Å². The summed E-state index contributed by atoms with van der Waals surface area (Å²) >= 11 is 0. The third kappa shape index (κ3) is 5.87. The van der Waals surface area contributed by atoms with Gasteiger partial charge in [-0.1, -0.05) is 6.42 Å². The molecule has 9 heteroatoms. The molecule has 34 heavy (non-hydrogen) atoms. The number of rotatable bonds is 10. The van der Waals surface area contributed by atoms with Gasteiger partial charge in [-0.25, -0.2) is 9.97 Å². The number of amides is 1. The lowest BCUT2D eigenvalue weighted by Gasteiger charge is -2.26. The molecule has 0 radical (unpaired) electrons. The van der Waals surface area contributed by atoms with Crippen LogP contribution in [0.5, 0.6) is 5.75 Å². The van der Waals surface area contributed by atoms with Crippen LogP contribution in [0.1, 0.15) is 30.4 Å². The van der Waals surface area contributed by atoms with E-state index in [9.17, 15) is 4.79 Å². The van der Waals surface area contributed by atoms with Gasteiger partial charge < -0.3 is 21.1 Å². The second-order valence-electron chi connectivity index (χ2n) is 8.10. The number of nitrogens with one attached hydrogen (secondary N) is 3. The van der Waals surface area contributed by atoms with E-state index in [2.05, 4.69) is 25.5 Å². The normalized spacial score (nSPS) is 13.8. The van der Waals surface area contributed by atoms with E-state index in [1.807, 2.05) is 24.3 Å². The van der Waals surface area contributed by atoms with Crippen LogP contribution in [0, 0.1) is 5.41 Å². The fraction of sp³-hybridized carbons (Fsp3) is 0.280. The summed E-state index contributed by atoms with van der Waals surface area (Å²) in [5.41, 5.74) is 8.85. The summed E-state index contributed by atoms with van der Waals surface area (Å²) in [6.45, 7) is 3.87. The number of likely N-dealkylation sites (tertiary alicyclic amines) is 1. The fourth-order valence-corrected chi connectivity index (χ4v) is 3.93. The van der Waals surface area contributed by atoms with Gasteiger partial charge in [-0.05, 0) is 74.5 Å². The SMILES string of the molecule is N=C(c1ccc(OCCN2CCCCC2)cc1)c1c(N)ncnc1Nc1ccc(NC=O)cc1. The summed E-state index contributed by atoms with van der Waals surface area (Å²) in [4.78, 5) is 21.4. The maximum atomic E-state index is 10.6. The minimum atomic E-state index is 0.208.